The van der Waals surface area contributed by atoms with Gasteiger partial charge in [0.1, 0.15) is 0 Å². The van der Waals surface area contributed by atoms with E-state index < -0.39 is 0 Å². The van der Waals surface area contributed by atoms with Gasteiger partial charge in [-0.1, -0.05) is 146 Å². The first-order valence-electron chi connectivity index (χ1n) is 16.1. The number of benzene rings is 11. The van der Waals surface area contributed by atoms with Crippen molar-refractivity contribution < 1.29 is 0 Å². The number of rotatable bonds is 0. The van der Waals surface area contributed by atoms with Crippen LogP contribution in [0.4, 0.5) is 0 Å². The van der Waals surface area contributed by atoms with Crippen LogP contribution in [0.3, 0.4) is 0 Å². The zero-order valence-corrected chi connectivity index (χ0v) is 25.0. The highest BCUT2D eigenvalue weighted by molar-refractivity contribution is 6.44. The Labute approximate surface area is 264 Å². The van der Waals surface area contributed by atoms with Crippen molar-refractivity contribution in [1.29, 1.82) is 0 Å². The van der Waals surface area contributed by atoms with E-state index in [1.165, 1.54) is 108 Å². The molecule has 11 aromatic rings. The fraction of sp³-hybridized carbons (Fsp3) is 0. The van der Waals surface area contributed by atoms with Crippen molar-refractivity contribution >= 4 is 108 Å². The van der Waals surface area contributed by atoms with E-state index in [0.717, 1.165) is 0 Å². The Morgan fingerprint density at radius 3 is 0.565 bits per heavy atom. The lowest BCUT2D eigenvalue weighted by molar-refractivity contribution is 1.78. The van der Waals surface area contributed by atoms with Crippen molar-refractivity contribution in [3.8, 4) is 0 Å². The average molecular weight is 579 g/mol. The lowest BCUT2D eigenvalue weighted by Crippen LogP contribution is -1.91. The van der Waals surface area contributed by atoms with Gasteiger partial charge in [-0.3, -0.25) is 0 Å². The zero-order chi connectivity index (χ0) is 29.9. The number of fused-ring (bicyclic) bond motifs is 22. The summed E-state index contributed by atoms with van der Waals surface area (Å²) in [6, 6.07) is 59.0. The maximum Gasteiger partial charge on any atom is -0.00137 e. The van der Waals surface area contributed by atoms with Gasteiger partial charge in [0.15, 0.2) is 0 Å². The van der Waals surface area contributed by atoms with Crippen molar-refractivity contribution in [2.24, 2.45) is 0 Å². The minimum atomic E-state index is 1.30. The van der Waals surface area contributed by atoms with Crippen molar-refractivity contribution in [3.05, 3.63) is 158 Å². The molecule has 210 valence electrons. The largest absolute Gasteiger partial charge is 0.0616 e. The van der Waals surface area contributed by atoms with Crippen LogP contribution >= 0.6 is 0 Å². The van der Waals surface area contributed by atoms with Crippen LogP contribution in [-0.2, 0) is 0 Å². The van der Waals surface area contributed by atoms with Crippen LogP contribution in [-0.4, -0.2) is 0 Å². The van der Waals surface area contributed by atoms with Gasteiger partial charge in [-0.25, -0.2) is 0 Å². The molecule has 0 saturated carbocycles. The minimum absolute atomic E-state index is 1.30. The van der Waals surface area contributed by atoms with Gasteiger partial charge < -0.3 is 0 Å². The highest BCUT2D eigenvalue weighted by Gasteiger charge is 2.20. The molecule has 0 atom stereocenters. The molecular formula is C46H26. The first kappa shape index (κ1) is 24.4. The maximum atomic E-state index is 2.52. The molecule has 0 heteroatoms. The lowest BCUT2D eigenvalue weighted by Gasteiger charge is -2.19. The molecule has 0 nitrogen and oxygen atoms in total. The predicted octanol–water partition coefficient (Wildman–Crippen LogP) is 13.2. The van der Waals surface area contributed by atoms with E-state index >= 15 is 0 Å². The topological polar surface area (TPSA) is 0 Å². The van der Waals surface area contributed by atoms with E-state index in [1.807, 2.05) is 0 Å². The molecule has 0 amide bonds. The summed E-state index contributed by atoms with van der Waals surface area (Å²) in [5, 5.41) is 26.4. The van der Waals surface area contributed by atoms with Crippen molar-refractivity contribution in [3.63, 3.8) is 0 Å². The van der Waals surface area contributed by atoms with Crippen LogP contribution in [0, 0.1) is 0 Å². The molecule has 0 radical (unpaired) electrons. The molecule has 0 fully saturated rings. The van der Waals surface area contributed by atoms with Crippen molar-refractivity contribution in [2.75, 3.05) is 0 Å². The minimum Gasteiger partial charge on any atom is -0.0616 e. The summed E-state index contributed by atoms with van der Waals surface area (Å²) in [7, 11) is 0. The third-order valence-corrected chi connectivity index (χ3v) is 10.5. The van der Waals surface area contributed by atoms with E-state index in [2.05, 4.69) is 158 Å². The van der Waals surface area contributed by atoms with E-state index in [0.29, 0.717) is 0 Å². The monoisotopic (exact) mass is 578 g/mol. The summed E-state index contributed by atoms with van der Waals surface area (Å²) in [4.78, 5) is 0. The van der Waals surface area contributed by atoms with E-state index in [1.54, 1.807) is 0 Å². The quantitative estimate of drug-likeness (QED) is 0.124. The normalized spacial score (nSPS) is 12.3. The fourth-order valence-electron chi connectivity index (χ4n) is 8.73. The summed E-state index contributed by atoms with van der Waals surface area (Å²) in [6.07, 6.45) is 0. The Bertz CT molecular complexity index is 2910. The third-order valence-electron chi connectivity index (χ3n) is 10.5. The van der Waals surface area contributed by atoms with Gasteiger partial charge in [0, 0.05) is 0 Å². The van der Waals surface area contributed by atoms with Gasteiger partial charge in [-0.05, 0) is 120 Å². The van der Waals surface area contributed by atoms with Gasteiger partial charge in [0.05, 0.1) is 0 Å². The molecule has 0 unspecified atom stereocenters. The first-order chi connectivity index (χ1) is 22.9. The van der Waals surface area contributed by atoms with E-state index in [-0.39, 0.29) is 0 Å². The Balaban J connectivity index is 1.51. The zero-order valence-electron chi connectivity index (χ0n) is 25.0. The predicted molar refractivity (Wildman–Crippen MR) is 202 cm³/mol. The molecule has 46 heavy (non-hydrogen) atoms. The number of hydrogen-bond acceptors (Lipinski definition) is 0. The lowest BCUT2D eigenvalue weighted by atomic mass is 9.83. The molecule has 0 aliphatic heterocycles. The molecule has 0 aliphatic rings. The Kier molecular flexibility index (Phi) is 4.66. The van der Waals surface area contributed by atoms with Gasteiger partial charge in [0.25, 0.3) is 0 Å². The van der Waals surface area contributed by atoms with E-state index in [9.17, 15) is 0 Å². The fourth-order valence-corrected chi connectivity index (χ4v) is 8.73. The van der Waals surface area contributed by atoms with Gasteiger partial charge in [-0.15, -0.1) is 0 Å². The summed E-state index contributed by atoms with van der Waals surface area (Å²) in [6.45, 7) is 0. The molecule has 0 saturated heterocycles. The SMILES string of the molecule is c1ccc2c(c1)c1ccccc1c1c3cc4c5ccccc5c5c6ccccc6c6ccccc6c5c4cc3c3ccccc3c21. The molecule has 0 spiro atoms. The molecule has 11 aromatic carbocycles. The standard InChI is InChI=1S/C46H26/c1-7-19-33-27(13-1)29-15-3-9-21-35(29)45-41-25-40-32-18-6-12-24-38(32)44-34-20-8-2-14-28(34)30-16-4-10-22-36(30)46(44)42(40)26-39(41)31-17-5-11-23-37(31)43(33)45/h1-26H. The summed E-state index contributed by atoms with van der Waals surface area (Å²) >= 11 is 0. The van der Waals surface area contributed by atoms with E-state index in [4.69, 9.17) is 0 Å². The second-order valence-electron chi connectivity index (χ2n) is 12.7. The van der Waals surface area contributed by atoms with Crippen molar-refractivity contribution in [1.82, 2.24) is 0 Å². The summed E-state index contributed by atoms with van der Waals surface area (Å²) < 4.78 is 0. The van der Waals surface area contributed by atoms with Crippen LogP contribution in [0.15, 0.2) is 158 Å². The van der Waals surface area contributed by atoms with Gasteiger partial charge >= 0.3 is 0 Å². The molecule has 0 bridgehead atoms. The average Bonchev–Trinajstić information content (AvgIpc) is 3.14. The Morgan fingerprint density at radius 2 is 0.326 bits per heavy atom. The number of hydrogen-bond donors (Lipinski definition) is 0. The molecule has 0 heterocycles. The smallest absolute Gasteiger partial charge is 0.00137 e. The second kappa shape index (κ2) is 8.81. The highest BCUT2D eigenvalue weighted by atomic mass is 14.2. The highest BCUT2D eigenvalue weighted by Crippen LogP contribution is 2.48. The Morgan fingerprint density at radius 1 is 0.152 bits per heavy atom. The van der Waals surface area contributed by atoms with Crippen LogP contribution in [0.2, 0.25) is 0 Å². The first-order valence-corrected chi connectivity index (χ1v) is 16.1. The van der Waals surface area contributed by atoms with Crippen LogP contribution in [0.5, 0.6) is 0 Å². The molecule has 11 rings (SSSR count). The second-order valence-corrected chi connectivity index (χ2v) is 12.7. The Hall–Kier alpha value is -5.98. The maximum absolute atomic E-state index is 2.52. The molecule has 0 aliphatic carbocycles. The summed E-state index contributed by atoms with van der Waals surface area (Å²) in [5.74, 6) is 0. The van der Waals surface area contributed by atoms with Crippen LogP contribution in [0.25, 0.3) is 108 Å². The van der Waals surface area contributed by atoms with Crippen molar-refractivity contribution in [2.45, 2.75) is 0 Å². The third kappa shape index (κ3) is 2.99. The molecular weight excluding hydrogens is 553 g/mol. The molecule has 0 aromatic heterocycles. The van der Waals surface area contributed by atoms with Crippen LogP contribution < -0.4 is 0 Å². The van der Waals surface area contributed by atoms with Gasteiger partial charge in [0.2, 0.25) is 0 Å². The summed E-state index contributed by atoms with van der Waals surface area (Å²) in [5.41, 5.74) is 0. The van der Waals surface area contributed by atoms with Crippen LogP contribution in [0.1, 0.15) is 0 Å². The van der Waals surface area contributed by atoms with Gasteiger partial charge in [-0.2, -0.15) is 0 Å². The molecule has 0 N–H and O–H groups in total.